The Morgan fingerprint density at radius 3 is 2.23 bits per heavy atom. The van der Waals surface area contributed by atoms with E-state index in [4.69, 9.17) is 19.9 Å². The Bertz CT molecular complexity index is 1010. The number of carbonyl (C=O) groups excluding carboxylic acids is 2. The Kier molecular flexibility index (Phi) is 9.78. The standard InChI is InChI=1S/C28H37NO5S/c1-17-8-13-23(16-24(17)15-22-11-9-21(10-12-22)7-6-14-29)25-18(2)26(32-19(3)30)27(33-20(4)31)28(34-25)35-5/h8-13,16,18,25-28H,6-7,14-15,29H2,1-5H3/t18-,25+,26+,27-,28+/m0/s1. The molecule has 2 aromatic carbocycles. The third-order valence-corrected chi connectivity index (χ3v) is 7.34. The van der Waals surface area contributed by atoms with E-state index in [1.807, 2.05) is 13.2 Å². The molecule has 7 heteroatoms. The van der Waals surface area contributed by atoms with Gasteiger partial charge >= 0.3 is 11.9 Å². The minimum absolute atomic E-state index is 0.205. The van der Waals surface area contributed by atoms with Crippen molar-refractivity contribution in [2.75, 3.05) is 12.8 Å². The molecule has 0 spiro atoms. The fourth-order valence-corrected chi connectivity index (χ4v) is 5.34. The molecule has 0 aliphatic carbocycles. The lowest BCUT2D eigenvalue weighted by Crippen LogP contribution is -2.52. The molecular formula is C28H37NO5S. The first-order valence-corrected chi connectivity index (χ1v) is 13.4. The summed E-state index contributed by atoms with van der Waals surface area (Å²) < 4.78 is 17.7. The Morgan fingerprint density at radius 1 is 1.00 bits per heavy atom. The second kappa shape index (κ2) is 12.6. The topological polar surface area (TPSA) is 87.8 Å². The molecule has 5 atom stereocenters. The SMILES string of the molecule is CS[C@H]1O[C@@H](c2ccc(C)c(Cc3ccc(CCCN)cc3)c2)[C@H](C)[C@@H](OC(C)=O)[C@@H]1OC(C)=O. The van der Waals surface area contributed by atoms with Gasteiger partial charge in [-0.15, -0.1) is 11.8 Å². The van der Waals surface area contributed by atoms with Crippen molar-refractivity contribution in [3.63, 3.8) is 0 Å². The van der Waals surface area contributed by atoms with Gasteiger partial charge in [0.15, 0.2) is 6.10 Å². The van der Waals surface area contributed by atoms with Gasteiger partial charge in [0.1, 0.15) is 11.5 Å². The van der Waals surface area contributed by atoms with E-state index in [-0.39, 0.29) is 12.0 Å². The minimum atomic E-state index is -0.666. The van der Waals surface area contributed by atoms with Crippen molar-refractivity contribution in [3.8, 4) is 0 Å². The number of hydrogen-bond donors (Lipinski definition) is 1. The molecule has 1 aliphatic heterocycles. The van der Waals surface area contributed by atoms with Crippen molar-refractivity contribution in [2.45, 2.75) is 70.7 Å². The molecule has 0 unspecified atom stereocenters. The van der Waals surface area contributed by atoms with Crippen LogP contribution in [0.5, 0.6) is 0 Å². The van der Waals surface area contributed by atoms with E-state index in [0.29, 0.717) is 6.54 Å². The number of hydrogen-bond acceptors (Lipinski definition) is 7. The summed E-state index contributed by atoms with van der Waals surface area (Å²) >= 11 is 1.45. The zero-order valence-electron chi connectivity index (χ0n) is 21.3. The maximum Gasteiger partial charge on any atom is 0.303 e. The smallest absolute Gasteiger partial charge is 0.303 e. The second-order valence-corrected chi connectivity index (χ2v) is 10.2. The second-order valence-electron chi connectivity index (χ2n) is 9.24. The summed E-state index contributed by atoms with van der Waals surface area (Å²) in [5.41, 5.74) is 11.2. The lowest BCUT2D eigenvalue weighted by Gasteiger charge is -2.44. The number of aryl methyl sites for hydroxylation is 2. The number of carbonyl (C=O) groups is 2. The van der Waals surface area contributed by atoms with Crippen LogP contribution in [-0.2, 0) is 36.6 Å². The van der Waals surface area contributed by atoms with Crippen LogP contribution >= 0.6 is 11.8 Å². The van der Waals surface area contributed by atoms with E-state index in [9.17, 15) is 9.59 Å². The highest BCUT2D eigenvalue weighted by Crippen LogP contribution is 2.42. The molecule has 0 saturated carbocycles. The highest BCUT2D eigenvalue weighted by atomic mass is 32.2. The number of nitrogens with two attached hydrogens (primary N) is 1. The molecule has 0 radical (unpaired) electrons. The normalized spacial score (nSPS) is 24.1. The van der Waals surface area contributed by atoms with E-state index in [1.165, 1.54) is 47.9 Å². The number of rotatable bonds is 9. The summed E-state index contributed by atoms with van der Waals surface area (Å²) in [6, 6.07) is 15.1. The van der Waals surface area contributed by atoms with Crippen LogP contribution in [0.3, 0.4) is 0 Å². The van der Waals surface area contributed by atoms with Crippen molar-refractivity contribution < 1.29 is 23.8 Å². The largest absolute Gasteiger partial charge is 0.458 e. The van der Waals surface area contributed by atoms with Crippen LogP contribution in [0.2, 0.25) is 0 Å². The van der Waals surface area contributed by atoms with Crippen molar-refractivity contribution >= 4 is 23.7 Å². The van der Waals surface area contributed by atoms with Crippen molar-refractivity contribution in [1.82, 2.24) is 0 Å². The molecule has 6 nitrogen and oxygen atoms in total. The summed E-state index contributed by atoms with van der Waals surface area (Å²) in [4.78, 5) is 23.7. The van der Waals surface area contributed by atoms with Crippen LogP contribution in [0.1, 0.15) is 61.1 Å². The average molecular weight is 500 g/mol. The highest BCUT2D eigenvalue weighted by molar-refractivity contribution is 7.99. The number of esters is 2. The highest BCUT2D eigenvalue weighted by Gasteiger charge is 2.48. The predicted octanol–water partition coefficient (Wildman–Crippen LogP) is 4.74. The Morgan fingerprint density at radius 2 is 1.63 bits per heavy atom. The molecule has 2 N–H and O–H groups in total. The van der Waals surface area contributed by atoms with Gasteiger partial charge in [-0.2, -0.15) is 0 Å². The summed E-state index contributed by atoms with van der Waals surface area (Å²) in [6.45, 7) is 7.53. The van der Waals surface area contributed by atoms with E-state index >= 15 is 0 Å². The van der Waals surface area contributed by atoms with E-state index in [0.717, 1.165) is 24.8 Å². The van der Waals surface area contributed by atoms with Crippen LogP contribution in [-0.4, -0.2) is 42.4 Å². The third kappa shape index (κ3) is 7.09. The van der Waals surface area contributed by atoms with Crippen LogP contribution < -0.4 is 5.73 Å². The van der Waals surface area contributed by atoms with Gasteiger partial charge in [-0.05, 0) is 66.8 Å². The lowest BCUT2D eigenvalue weighted by atomic mass is 9.85. The first kappa shape index (κ1) is 27.2. The number of thioether (sulfide) groups is 1. The molecule has 0 bridgehead atoms. The molecule has 2 aromatic rings. The summed E-state index contributed by atoms with van der Waals surface area (Å²) in [6.07, 6.45) is 3.13. The molecule has 1 fully saturated rings. The maximum atomic E-state index is 11.9. The fourth-order valence-electron chi connectivity index (χ4n) is 4.63. The number of ether oxygens (including phenoxy) is 3. The van der Waals surface area contributed by atoms with Gasteiger partial charge in [0.2, 0.25) is 0 Å². The molecule has 0 amide bonds. The molecule has 0 aromatic heterocycles. The van der Waals surface area contributed by atoms with Crippen LogP contribution in [0, 0.1) is 12.8 Å². The van der Waals surface area contributed by atoms with Crippen molar-refractivity contribution in [2.24, 2.45) is 11.7 Å². The molecular weight excluding hydrogens is 462 g/mol. The fraction of sp³-hybridized carbons (Fsp3) is 0.500. The van der Waals surface area contributed by atoms with E-state index in [2.05, 4.69) is 49.4 Å². The van der Waals surface area contributed by atoms with Gasteiger partial charge < -0.3 is 19.9 Å². The molecule has 1 heterocycles. The maximum absolute atomic E-state index is 11.9. The monoisotopic (exact) mass is 499 g/mol. The average Bonchev–Trinajstić information content (AvgIpc) is 2.82. The first-order valence-electron chi connectivity index (χ1n) is 12.1. The van der Waals surface area contributed by atoms with Crippen LogP contribution in [0.25, 0.3) is 0 Å². The zero-order valence-corrected chi connectivity index (χ0v) is 22.1. The first-order chi connectivity index (χ1) is 16.7. The summed E-state index contributed by atoms with van der Waals surface area (Å²) in [5, 5.41) is 0. The molecule has 35 heavy (non-hydrogen) atoms. The molecule has 3 rings (SSSR count). The molecule has 1 aliphatic rings. The number of benzene rings is 2. The molecule has 190 valence electrons. The predicted molar refractivity (Wildman–Crippen MR) is 139 cm³/mol. The Labute approximate surface area is 212 Å². The van der Waals surface area contributed by atoms with Crippen molar-refractivity contribution in [1.29, 1.82) is 0 Å². The summed E-state index contributed by atoms with van der Waals surface area (Å²) in [5.74, 6) is -1.03. The van der Waals surface area contributed by atoms with Crippen LogP contribution in [0.4, 0.5) is 0 Å². The van der Waals surface area contributed by atoms with Gasteiger partial charge in [-0.1, -0.05) is 49.4 Å². The van der Waals surface area contributed by atoms with Gasteiger partial charge in [0, 0.05) is 19.8 Å². The van der Waals surface area contributed by atoms with E-state index < -0.39 is 29.6 Å². The molecule has 1 saturated heterocycles. The minimum Gasteiger partial charge on any atom is -0.458 e. The van der Waals surface area contributed by atoms with Gasteiger partial charge in [0.25, 0.3) is 0 Å². The summed E-state index contributed by atoms with van der Waals surface area (Å²) in [7, 11) is 0. The van der Waals surface area contributed by atoms with Gasteiger partial charge in [0.05, 0.1) is 6.10 Å². The Hall–Kier alpha value is -2.35. The third-order valence-electron chi connectivity index (χ3n) is 6.49. The van der Waals surface area contributed by atoms with Gasteiger partial charge in [-0.3, -0.25) is 9.59 Å². The van der Waals surface area contributed by atoms with Crippen LogP contribution in [0.15, 0.2) is 42.5 Å². The quantitative estimate of drug-likeness (QED) is 0.499. The lowest BCUT2D eigenvalue weighted by molar-refractivity contribution is -0.208. The van der Waals surface area contributed by atoms with Crippen molar-refractivity contribution in [3.05, 3.63) is 70.3 Å². The Balaban J connectivity index is 1.86. The van der Waals surface area contributed by atoms with E-state index in [1.54, 1.807) is 0 Å². The van der Waals surface area contributed by atoms with Gasteiger partial charge in [-0.25, -0.2) is 0 Å². The zero-order chi connectivity index (χ0) is 25.5.